The van der Waals surface area contributed by atoms with Crippen LogP contribution in [0.5, 0.6) is 17.4 Å². The average Bonchev–Trinajstić information content (AvgIpc) is 3.68. The Balaban J connectivity index is 1.10. The highest BCUT2D eigenvalue weighted by molar-refractivity contribution is 7.14. The summed E-state index contributed by atoms with van der Waals surface area (Å²) in [6.07, 6.45) is -0.0305. The summed E-state index contributed by atoms with van der Waals surface area (Å²) in [5.41, 5.74) is 4.04. The predicted molar refractivity (Wildman–Crippen MR) is 191 cm³/mol. The highest BCUT2D eigenvalue weighted by atomic mass is 32.1. The zero-order chi connectivity index (χ0) is 34.8. The highest BCUT2D eigenvalue weighted by Gasteiger charge is 2.35. The average molecular weight is 690 g/mol. The van der Waals surface area contributed by atoms with E-state index in [0.717, 1.165) is 26.7 Å². The molecule has 3 aromatic carbocycles. The maximum Gasteiger partial charge on any atom is 0.410 e. The van der Waals surface area contributed by atoms with Gasteiger partial charge in [0.15, 0.2) is 0 Å². The van der Waals surface area contributed by atoms with E-state index in [1.165, 1.54) is 5.56 Å². The summed E-state index contributed by atoms with van der Waals surface area (Å²) in [5.74, 6) is 2.05. The van der Waals surface area contributed by atoms with Gasteiger partial charge in [-0.3, -0.25) is 4.79 Å². The van der Waals surface area contributed by atoms with E-state index in [0.29, 0.717) is 55.7 Å². The second-order valence-electron chi connectivity index (χ2n) is 13.6. The molecule has 0 saturated carbocycles. The molecule has 5 aromatic rings. The van der Waals surface area contributed by atoms with Crippen LogP contribution in [0, 0.1) is 6.92 Å². The van der Waals surface area contributed by atoms with Crippen LogP contribution in [0.25, 0.3) is 21.8 Å². The van der Waals surface area contributed by atoms with Crippen LogP contribution in [0.1, 0.15) is 49.2 Å². The van der Waals surface area contributed by atoms with Gasteiger partial charge in [0, 0.05) is 48.2 Å². The normalized spacial score (nSPS) is 16.3. The fraction of sp³-hybridized carbons (Fsp3) is 0.308. The summed E-state index contributed by atoms with van der Waals surface area (Å²) >= 11 is 1.54. The Bertz CT molecular complexity index is 1990. The van der Waals surface area contributed by atoms with Crippen molar-refractivity contribution in [2.24, 2.45) is 0 Å². The standard InChI is InChI=1S/C39H39N5O5S/c1-25-41-42-37(50-25)27-15-17-31(18-16-27)47-34-19-28(13-14-29(34)21-43-22-30(20-36(43)45)26-9-6-5-7-10-26)33-11-8-12-35(40-33)48-32-23-44(24-32)38(46)49-39(2,3)4/h5-19,30,32H,20-24H2,1-4H3. The Morgan fingerprint density at radius 1 is 0.900 bits per heavy atom. The number of pyridine rings is 1. The van der Waals surface area contributed by atoms with Crippen molar-refractivity contribution in [2.45, 2.75) is 58.3 Å². The smallest absolute Gasteiger partial charge is 0.410 e. The summed E-state index contributed by atoms with van der Waals surface area (Å²) in [7, 11) is 0. The molecule has 2 saturated heterocycles. The van der Waals surface area contributed by atoms with E-state index in [1.807, 2.05) is 111 Å². The number of likely N-dealkylation sites (tertiary alicyclic amines) is 2. The first-order valence-corrected chi connectivity index (χ1v) is 17.5. The quantitative estimate of drug-likeness (QED) is 0.154. The minimum absolute atomic E-state index is 0.123. The van der Waals surface area contributed by atoms with Crippen molar-refractivity contribution >= 4 is 23.3 Å². The van der Waals surface area contributed by atoms with Gasteiger partial charge >= 0.3 is 6.09 Å². The Labute approximate surface area is 295 Å². The van der Waals surface area contributed by atoms with Crippen LogP contribution in [0.15, 0.2) is 91.0 Å². The van der Waals surface area contributed by atoms with E-state index >= 15 is 0 Å². The molecule has 1 atom stereocenters. The number of hydrogen-bond acceptors (Lipinski definition) is 9. The third kappa shape index (κ3) is 7.78. The number of rotatable bonds is 9. The molecule has 256 valence electrons. The number of nitrogens with zero attached hydrogens (tertiary/aromatic N) is 5. The zero-order valence-corrected chi connectivity index (χ0v) is 29.4. The van der Waals surface area contributed by atoms with Gasteiger partial charge in [-0.1, -0.05) is 59.9 Å². The predicted octanol–water partition coefficient (Wildman–Crippen LogP) is 7.88. The lowest BCUT2D eigenvalue weighted by Gasteiger charge is -2.39. The number of amides is 2. The van der Waals surface area contributed by atoms with E-state index in [-0.39, 0.29) is 24.0 Å². The molecule has 0 spiro atoms. The Morgan fingerprint density at radius 2 is 1.66 bits per heavy atom. The first-order valence-electron chi connectivity index (χ1n) is 16.7. The number of ether oxygens (including phenoxy) is 3. The number of benzene rings is 3. The molecule has 50 heavy (non-hydrogen) atoms. The van der Waals surface area contributed by atoms with Gasteiger partial charge in [0.05, 0.1) is 18.8 Å². The van der Waals surface area contributed by atoms with Crippen molar-refractivity contribution in [3.8, 4) is 39.2 Å². The van der Waals surface area contributed by atoms with E-state index in [4.69, 9.17) is 19.2 Å². The molecule has 0 radical (unpaired) electrons. The van der Waals surface area contributed by atoms with Crippen molar-refractivity contribution < 1.29 is 23.8 Å². The van der Waals surface area contributed by atoms with Crippen LogP contribution in [0.3, 0.4) is 0 Å². The molecule has 2 aliphatic rings. The van der Waals surface area contributed by atoms with Gasteiger partial charge in [0.2, 0.25) is 11.8 Å². The minimum atomic E-state index is -0.548. The minimum Gasteiger partial charge on any atom is -0.471 e. The van der Waals surface area contributed by atoms with Crippen LogP contribution in [-0.4, -0.2) is 68.3 Å². The molecule has 0 aliphatic carbocycles. The van der Waals surface area contributed by atoms with Crippen molar-refractivity contribution in [3.63, 3.8) is 0 Å². The fourth-order valence-corrected chi connectivity index (χ4v) is 6.72. The third-order valence-corrected chi connectivity index (χ3v) is 9.46. The largest absolute Gasteiger partial charge is 0.471 e. The molecule has 2 fully saturated rings. The molecule has 2 aromatic heterocycles. The number of aryl methyl sites for hydroxylation is 1. The second kappa shape index (κ2) is 13.9. The van der Waals surface area contributed by atoms with Crippen molar-refractivity contribution in [3.05, 3.63) is 107 Å². The van der Waals surface area contributed by atoms with E-state index in [2.05, 4.69) is 22.3 Å². The van der Waals surface area contributed by atoms with Gasteiger partial charge in [0.1, 0.15) is 33.2 Å². The van der Waals surface area contributed by atoms with E-state index < -0.39 is 5.60 Å². The van der Waals surface area contributed by atoms with Gasteiger partial charge in [0.25, 0.3) is 0 Å². The van der Waals surface area contributed by atoms with Crippen LogP contribution < -0.4 is 9.47 Å². The maximum absolute atomic E-state index is 13.2. The van der Waals surface area contributed by atoms with Crippen LogP contribution in [-0.2, 0) is 16.1 Å². The molecule has 0 N–H and O–H groups in total. The van der Waals surface area contributed by atoms with Crippen LogP contribution in [0.4, 0.5) is 4.79 Å². The first-order chi connectivity index (χ1) is 24.1. The summed E-state index contributed by atoms with van der Waals surface area (Å²) in [5, 5.41) is 10.2. The summed E-state index contributed by atoms with van der Waals surface area (Å²) < 4.78 is 18.1. The second-order valence-corrected chi connectivity index (χ2v) is 14.8. The van der Waals surface area contributed by atoms with Gasteiger partial charge in [-0.15, -0.1) is 10.2 Å². The monoisotopic (exact) mass is 689 g/mol. The fourth-order valence-electron chi connectivity index (χ4n) is 6.02. The van der Waals surface area contributed by atoms with Gasteiger partial charge in [-0.2, -0.15) is 0 Å². The molecule has 0 bridgehead atoms. The molecular weight excluding hydrogens is 651 g/mol. The number of carbonyl (C=O) groups excluding carboxylic acids is 2. The van der Waals surface area contributed by atoms with Crippen molar-refractivity contribution in [2.75, 3.05) is 19.6 Å². The van der Waals surface area contributed by atoms with E-state index in [1.54, 1.807) is 16.2 Å². The van der Waals surface area contributed by atoms with Crippen LogP contribution in [0.2, 0.25) is 0 Å². The highest BCUT2D eigenvalue weighted by Crippen LogP contribution is 2.36. The lowest BCUT2D eigenvalue weighted by molar-refractivity contribution is -0.128. The number of carbonyl (C=O) groups is 2. The van der Waals surface area contributed by atoms with E-state index in [9.17, 15) is 9.59 Å². The molecule has 7 rings (SSSR count). The summed E-state index contributed by atoms with van der Waals surface area (Å²) in [4.78, 5) is 33.9. The Morgan fingerprint density at radius 3 is 2.38 bits per heavy atom. The molecule has 11 heteroatoms. The van der Waals surface area contributed by atoms with Crippen LogP contribution >= 0.6 is 11.3 Å². The van der Waals surface area contributed by atoms with Gasteiger partial charge in [-0.25, -0.2) is 9.78 Å². The Hall–Kier alpha value is -5.29. The number of aromatic nitrogens is 3. The molecule has 10 nitrogen and oxygen atoms in total. The van der Waals surface area contributed by atoms with Crippen molar-refractivity contribution in [1.29, 1.82) is 0 Å². The summed E-state index contributed by atoms with van der Waals surface area (Å²) in [6.45, 7) is 9.43. The first kappa shape index (κ1) is 33.2. The third-order valence-electron chi connectivity index (χ3n) is 8.58. The molecule has 2 aliphatic heterocycles. The lowest BCUT2D eigenvalue weighted by Crippen LogP contribution is -2.57. The van der Waals surface area contributed by atoms with Crippen molar-refractivity contribution in [1.82, 2.24) is 25.0 Å². The summed E-state index contributed by atoms with van der Waals surface area (Å²) in [6, 6.07) is 29.6. The SMILES string of the molecule is Cc1nnc(-c2ccc(Oc3cc(-c4cccc(OC5CN(C(=O)OC(C)(C)C)C5)n4)ccc3CN3CC(c4ccccc4)CC3=O)cc2)s1. The molecule has 2 amide bonds. The molecular formula is C39H39N5O5S. The zero-order valence-electron chi connectivity index (χ0n) is 28.5. The van der Waals surface area contributed by atoms with Gasteiger partial charge in [-0.05, 0) is 69.7 Å². The topological polar surface area (TPSA) is 107 Å². The Kier molecular flexibility index (Phi) is 9.24. The maximum atomic E-state index is 13.2. The lowest BCUT2D eigenvalue weighted by atomic mass is 9.98. The molecule has 1 unspecified atom stereocenters. The molecule has 4 heterocycles. The number of hydrogen-bond donors (Lipinski definition) is 0. The van der Waals surface area contributed by atoms with Gasteiger partial charge < -0.3 is 24.0 Å².